The molecule has 5 nitrogen and oxygen atoms in total. The molecular formula is C22H21ClFN3O2S. The number of piperidine rings is 1. The predicted molar refractivity (Wildman–Crippen MR) is 115 cm³/mol. The van der Waals surface area contributed by atoms with Crippen molar-refractivity contribution in [3.63, 3.8) is 0 Å². The highest BCUT2D eigenvalue weighted by molar-refractivity contribution is 7.89. The fourth-order valence-corrected chi connectivity index (χ4v) is 6.25. The van der Waals surface area contributed by atoms with Crippen LogP contribution in [0.1, 0.15) is 24.1 Å². The van der Waals surface area contributed by atoms with E-state index in [0.717, 1.165) is 23.1 Å². The molecule has 0 unspecified atom stereocenters. The zero-order valence-electron chi connectivity index (χ0n) is 16.4. The lowest BCUT2D eigenvalue weighted by atomic mass is 9.83. The van der Waals surface area contributed by atoms with E-state index in [1.165, 1.54) is 22.0 Å². The molecule has 2 aliphatic rings. The predicted octanol–water partition coefficient (Wildman–Crippen LogP) is 4.68. The molecule has 2 aromatic carbocycles. The van der Waals surface area contributed by atoms with Crippen LogP contribution in [-0.4, -0.2) is 30.4 Å². The minimum Gasteiger partial charge on any atom is -0.372 e. The monoisotopic (exact) mass is 445 g/mol. The molecule has 5 rings (SSSR count). The number of sulfonamides is 1. The molecule has 8 heteroatoms. The summed E-state index contributed by atoms with van der Waals surface area (Å²) in [5, 5.41) is 3.52. The molecular weight excluding hydrogens is 425 g/mol. The SMILES string of the molecule is Cc1ccc2c(c1)NC1(CCN(S(=O)(=O)c3ccc(F)c(Cl)c3)CC1)c1cccn1-2. The first-order valence-electron chi connectivity index (χ1n) is 9.82. The quantitative estimate of drug-likeness (QED) is 0.623. The van der Waals surface area contributed by atoms with E-state index >= 15 is 0 Å². The summed E-state index contributed by atoms with van der Waals surface area (Å²) in [5.74, 6) is -0.630. The van der Waals surface area contributed by atoms with Crippen molar-refractivity contribution in [1.29, 1.82) is 0 Å². The maximum absolute atomic E-state index is 13.5. The molecule has 3 heterocycles. The number of hydrogen-bond acceptors (Lipinski definition) is 3. The van der Waals surface area contributed by atoms with Crippen molar-refractivity contribution in [1.82, 2.24) is 8.87 Å². The van der Waals surface area contributed by atoms with Crippen molar-refractivity contribution in [3.05, 3.63) is 76.8 Å². The van der Waals surface area contributed by atoms with Gasteiger partial charge in [-0.2, -0.15) is 4.31 Å². The number of anilines is 1. The number of benzene rings is 2. The molecule has 0 atom stereocenters. The Balaban J connectivity index is 1.45. The molecule has 1 N–H and O–H groups in total. The van der Waals surface area contributed by atoms with Crippen molar-refractivity contribution in [3.8, 4) is 5.69 Å². The molecule has 0 bridgehead atoms. The third kappa shape index (κ3) is 2.95. The van der Waals surface area contributed by atoms with Crippen molar-refractivity contribution in [2.45, 2.75) is 30.2 Å². The highest BCUT2D eigenvalue weighted by Crippen LogP contribution is 2.44. The van der Waals surface area contributed by atoms with Gasteiger partial charge in [-0.3, -0.25) is 0 Å². The zero-order valence-corrected chi connectivity index (χ0v) is 18.0. The van der Waals surface area contributed by atoms with Crippen molar-refractivity contribution in [2.75, 3.05) is 18.4 Å². The van der Waals surface area contributed by atoms with E-state index in [-0.39, 0.29) is 15.5 Å². The summed E-state index contributed by atoms with van der Waals surface area (Å²) in [6, 6.07) is 14.0. The Morgan fingerprint density at radius 2 is 1.87 bits per heavy atom. The molecule has 1 spiro atoms. The fraction of sp³-hybridized carbons (Fsp3) is 0.273. The number of halogens is 2. The van der Waals surface area contributed by atoms with E-state index in [0.29, 0.717) is 25.9 Å². The lowest BCUT2D eigenvalue weighted by Gasteiger charge is -2.46. The van der Waals surface area contributed by atoms with Gasteiger partial charge in [-0.15, -0.1) is 0 Å². The summed E-state index contributed by atoms with van der Waals surface area (Å²) in [4.78, 5) is 0.0193. The largest absolute Gasteiger partial charge is 0.372 e. The number of rotatable bonds is 2. The van der Waals surface area contributed by atoms with Gasteiger partial charge < -0.3 is 9.88 Å². The van der Waals surface area contributed by atoms with E-state index in [9.17, 15) is 12.8 Å². The third-order valence-electron chi connectivity index (χ3n) is 6.13. The Morgan fingerprint density at radius 3 is 2.60 bits per heavy atom. The first kappa shape index (κ1) is 19.6. The molecule has 0 aliphatic carbocycles. The van der Waals surface area contributed by atoms with Gasteiger partial charge in [0.1, 0.15) is 5.82 Å². The van der Waals surface area contributed by atoms with Gasteiger partial charge in [-0.05, 0) is 67.8 Å². The minimum absolute atomic E-state index is 0.0193. The van der Waals surface area contributed by atoms with Gasteiger partial charge in [-0.1, -0.05) is 17.7 Å². The highest BCUT2D eigenvalue weighted by Gasteiger charge is 2.43. The van der Waals surface area contributed by atoms with Gasteiger partial charge in [0, 0.05) is 25.0 Å². The standard InChI is InChI=1S/C22H21ClFN3O2S/c1-15-4-7-20-19(13-15)25-22(21-3-2-10-27(20)21)8-11-26(12-9-22)30(28,29)16-5-6-18(24)17(23)14-16/h2-7,10,13-14,25H,8-9,11-12H2,1H3. The number of hydrogen-bond donors (Lipinski definition) is 1. The van der Waals surface area contributed by atoms with Crippen LogP contribution in [0.25, 0.3) is 5.69 Å². The van der Waals surface area contributed by atoms with Crippen LogP contribution in [0.3, 0.4) is 0 Å². The van der Waals surface area contributed by atoms with Gasteiger partial charge in [0.05, 0.1) is 26.8 Å². The zero-order chi connectivity index (χ0) is 21.1. The number of aryl methyl sites for hydroxylation is 1. The van der Waals surface area contributed by atoms with Crippen LogP contribution in [0.15, 0.2) is 59.6 Å². The summed E-state index contributed by atoms with van der Waals surface area (Å²) < 4.78 is 43.3. The van der Waals surface area contributed by atoms with Crippen LogP contribution in [0, 0.1) is 12.7 Å². The Kier molecular flexibility index (Phi) is 4.47. The van der Waals surface area contributed by atoms with Gasteiger partial charge in [-0.25, -0.2) is 12.8 Å². The lowest BCUT2D eigenvalue weighted by molar-refractivity contribution is 0.247. The number of fused-ring (bicyclic) bond motifs is 4. The van der Waals surface area contributed by atoms with Crippen molar-refractivity contribution < 1.29 is 12.8 Å². The van der Waals surface area contributed by atoms with Gasteiger partial charge in [0.15, 0.2) is 0 Å². The summed E-state index contributed by atoms with van der Waals surface area (Å²) in [6.45, 7) is 2.77. The van der Waals surface area contributed by atoms with Gasteiger partial charge in [0.2, 0.25) is 10.0 Å². The Morgan fingerprint density at radius 1 is 1.10 bits per heavy atom. The average Bonchev–Trinajstić information content (AvgIpc) is 3.21. The summed E-state index contributed by atoms with van der Waals surface area (Å²) in [5.41, 5.74) is 4.13. The molecule has 3 aromatic rings. The van der Waals surface area contributed by atoms with Gasteiger partial charge in [0.25, 0.3) is 0 Å². The molecule has 156 valence electrons. The fourth-order valence-electron chi connectivity index (χ4n) is 4.54. The van der Waals surface area contributed by atoms with Crippen molar-refractivity contribution >= 4 is 27.3 Å². The molecule has 0 saturated carbocycles. The normalized spacial score (nSPS) is 18.0. The maximum Gasteiger partial charge on any atom is 0.243 e. The first-order chi connectivity index (χ1) is 14.3. The van der Waals surface area contributed by atoms with E-state index in [4.69, 9.17) is 11.6 Å². The number of aromatic nitrogens is 1. The number of nitrogens with one attached hydrogen (secondary N) is 1. The first-order valence-corrected chi connectivity index (χ1v) is 11.6. The second kappa shape index (κ2) is 6.83. The van der Waals surface area contributed by atoms with Crippen LogP contribution in [0.2, 0.25) is 5.02 Å². The van der Waals surface area contributed by atoms with Crippen LogP contribution in [-0.2, 0) is 15.6 Å². The summed E-state index contributed by atoms with van der Waals surface area (Å²) in [6.07, 6.45) is 3.30. The smallest absolute Gasteiger partial charge is 0.243 e. The number of nitrogens with zero attached hydrogens (tertiary/aromatic N) is 2. The Bertz CT molecular complexity index is 1250. The lowest BCUT2D eigenvalue weighted by Crippen LogP contribution is -2.51. The maximum atomic E-state index is 13.5. The Labute approximate surface area is 180 Å². The van der Waals surface area contributed by atoms with Crippen LogP contribution in [0.5, 0.6) is 0 Å². The van der Waals surface area contributed by atoms with E-state index in [1.54, 1.807) is 0 Å². The van der Waals surface area contributed by atoms with Crippen LogP contribution >= 0.6 is 11.6 Å². The van der Waals surface area contributed by atoms with Crippen LogP contribution in [0.4, 0.5) is 10.1 Å². The van der Waals surface area contributed by atoms with E-state index < -0.39 is 15.8 Å². The van der Waals surface area contributed by atoms with Gasteiger partial charge >= 0.3 is 0 Å². The molecule has 2 aliphatic heterocycles. The van der Waals surface area contributed by atoms with Crippen LogP contribution < -0.4 is 5.32 Å². The molecule has 0 amide bonds. The Hall–Kier alpha value is -2.35. The van der Waals surface area contributed by atoms with E-state index in [1.807, 2.05) is 6.07 Å². The average molecular weight is 446 g/mol. The topological polar surface area (TPSA) is 54.3 Å². The molecule has 1 fully saturated rings. The summed E-state index contributed by atoms with van der Waals surface area (Å²) >= 11 is 5.81. The van der Waals surface area contributed by atoms with E-state index in [2.05, 4.69) is 47.3 Å². The minimum atomic E-state index is -3.74. The third-order valence-corrected chi connectivity index (χ3v) is 8.31. The summed E-state index contributed by atoms with van der Waals surface area (Å²) in [7, 11) is -3.74. The molecule has 1 saturated heterocycles. The van der Waals surface area contributed by atoms with Crippen molar-refractivity contribution in [2.24, 2.45) is 0 Å². The highest BCUT2D eigenvalue weighted by atomic mass is 35.5. The molecule has 0 radical (unpaired) electrons. The second-order valence-corrected chi connectivity index (χ2v) is 10.3. The molecule has 1 aromatic heterocycles. The molecule has 30 heavy (non-hydrogen) atoms. The second-order valence-electron chi connectivity index (χ2n) is 7.97.